The molecule has 0 bridgehead atoms. The molecule has 0 saturated heterocycles. The van der Waals surface area contributed by atoms with Crippen LogP contribution in [-0.2, 0) is 0 Å². The van der Waals surface area contributed by atoms with Crippen molar-refractivity contribution in [2.45, 2.75) is 12.1 Å². The van der Waals surface area contributed by atoms with E-state index in [0.29, 0.717) is 16.5 Å². The molecule has 2 aromatic carbocycles. The average molecular weight is 381 g/mol. The van der Waals surface area contributed by atoms with Crippen LogP contribution in [0.15, 0.2) is 64.5 Å². The van der Waals surface area contributed by atoms with Crippen molar-refractivity contribution in [3.05, 3.63) is 76.1 Å². The molecule has 0 radical (unpaired) electrons. The van der Waals surface area contributed by atoms with Crippen LogP contribution in [0.1, 0.15) is 15.9 Å². The molecule has 0 amide bonds. The number of hydrogen-bond acceptors (Lipinski definition) is 6. The number of aromatic nitrogens is 2. The molecule has 0 aliphatic carbocycles. The number of aryl methyl sites for hydroxylation is 1. The fourth-order valence-electron chi connectivity index (χ4n) is 2.59. The molecule has 7 heteroatoms. The first-order valence-electron chi connectivity index (χ1n) is 8.24. The largest absolute Gasteiger partial charge is 0.497 e. The number of ketones is 1. The van der Waals surface area contributed by atoms with Gasteiger partial charge in [0.15, 0.2) is 10.9 Å². The Morgan fingerprint density at radius 2 is 1.93 bits per heavy atom. The van der Waals surface area contributed by atoms with Crippen LogP contribution < -0.4 is 16.0 Å². The van der Waals surface area contributed by atoms with E-state index in [2.05, 4.69) is 4.98 Å². The van der Waals surface area contributed by atoms with Gasteiger partial charge in [0.1, 0.15) is 11.6 Å². The predicted octanol–water partition coefficient (Wildman–Crippen LogP) is 3.11. The highest BCUT2D eigenvalue weighted by Gasteiger charge is 2.14. The minimum Gasteiger partial charge on any atom is -0.497 e. The van der Waals surface area contributed by atoms with Gasteiger partial charge in [-0.05, 0) is 48.9 Å². The lowest BCUT2D eigenvalue weighted by Gasteiger charge is -2.15. The second kappa shape index (κ2) is 8.09. The Labute approximate surface area is 161 Å². The summed E-state index contributed by atoms with van der Waals surface area (Å²) in [7, 11) is 1.57. The standard InChI is InChI=1S/C20H19N3O3S/c1-13-4-3-5-15(10-13)23-18(21)11-19(25)22-20(23)27-12-17(24)14-6-8-16(26-2)9-7-14/h3-11H,12,21H2,1-2H3. The van der Waals surface area contributed by atoms with Gasteiger partial charge in [0.05, 0.1) is 12.9 Å². The van der Waals surface area contributed by atoms with Crippen molar-refractivity contribution >= 4 is 23.4 Å². The van der Waals surface area contributed by atoms with E-state index in [1.807, 2.05) is 31.2 Å². The fraction of sp³-hybridized carbons (Fsp3) is 0.150. The molecule has 3 aromatic rings. The molecule has 0 saturated carbocycles. The van der Waals surface area contributed by atoms with E-state index >= 15 is 0 Å². The summed E-state index contributed by atoms with van der Waals surface area (Å²) < 4.78 is 6.78. The molecule has 0 atom stereocenters. The number of carbonyl (C=O) groups excluding carboxylic acids is 1. The van der Waals surface area contributed by atoms with Crippen LogP contribution in [-0.4, -0.2) is 28.2 Å². The number of hydrogen-bond donors (Lipinski definition) is 1. The van der Waals surface area contributed by atoms with E-state index in [9.17, 15) is 9.59 Å². The number of rotatable bonds is 6. The molecular weight excluding hydrogens is 362 g/mol. The molecule has 0 spiro atoms. The Morgan fingerprint density at radius 1 is 1.19 bits per heavy atom. The van der Waals surface area contributed by atoms with Crippen LogP contribution in [0.4, 0.5) is 5.82 Å². The van der Waals surface area contributed by atoms with Crippen LogP contribution in [0, 0.1) is 6.92 Å². The third kappa shape index (κ3) is 4.38. The summed E-state index contributed by atoms with van der Waals surface area (Å²) in [5, 5.41) is 0.382. The number of nitrogen functional groups attached to an aromatic ring is 1. The Kier molecular flexibility index (Phi) is 5.61. The minimum atomic E-state index is -0.434. The maximum absolute atomic E-state index is 12.5. The van der Waals surface area contributed by atoms with Crippen molar-refractivity contribution in [1.29, 1.82) is 0 Å². The summed E-state index contributed by atoms with van der Waals surface area (Å²) in [5.41, 5.74) is 8.04. The van der Waals surface area contributed by atoms with Gasteiger partial charge < -0.3 is 10.5 Å². The number of methoxy groups -OCH3 is 1. The number of nitrogens with two attached hydrogens (primary N) is 1. The Hall–Kier alpha value is -3.06. The number of Topliss-reactive ketones (excluding diaryl/α,β-unsaturated/α-hetero) is 1. The molecule has 0 aliphatic heterocycles. The number of carbonyl (C=O) groups is 1. The maximum Gasteiger partial charge on any atom is 0.275 e. The predicted molar refractivity (Wildman–Crippen MR) is 107 cm³/mol. The SMILES string of the molecule is COc1ccc(C(=O)CSc2nc(=O)cc(N)n2-c2cccc(C)c2)cc1. The zero-order valence-electron chi connectivity index (χ0n) is 15.0. The highest BCUT2D eigenvalue weighted by molar-refractivity contribution is 7.99. The highest BCUT2D eigenvalue weighted by Crippen LogP contribution is 2.24. The molecule has 138 valence electrons. The molecule has 27 heavy (non-hydrogen) atoms. The zero-order valence-corrected chi connectivity index (χ0v) is 15.8. The van der Waals surface area contributed by atoms with Crippen LogP contribution in [0.5, 0.6) is 5.75 Å². The normalized spacial score (nSPS) is 10.6. The van der Waals surface area contributed by atoms with Crippen LogP contribution in [0.3, 0.4) is 0 Å². The Balaban J connectivity index is 1.88. The van der Waals surface area contributed by atoms with Crippen LogP contribution >= 0.6 is 11.8 Å². The summed E-state index contributed by atoms with van der Waals surface area (Å²) in [6.45, 7) is 1.97. The summed E-state index contributed by atoms with van der Waals surface area (Å²) >= 11 is 1.18. The van der Waals surface area contributed by atoms with Crippen LogP contribution in [0.2, 0.25) is 0 Å². The topological polar surface area (TPSA) is 87.2 Å². The quantitative estimate of drug-likeness (QED) is 0.401. The van der Waals surface area contributed by atoms with Gasteiger partial charge in [-0.1, -0.05) is 23.9 Å². The van der Waals surface area contributed by atoms with Crippen molar-refractivity contribution in [1.82, 2.24) is 9.55 Å². The van der Waals surface area contributed by atoms with Crippen molar-refractivity contribution in [3.8, 4) is 11.4 Å². The molecule has 1 heterocycles. The molecule has 0 unspecified atom stereocenters. The second-order valence-electron chi connectivity index (χ2n) is 5.92. The maximum atomic E-state index is 12.5. The lowest BCUT2D eigenvalue weighted by Crippen LogP contribution is -2.17. The van der Waals surface area contributed by atoms with Gasteiger partial charge >= 0.3 is 0 Å². The van der Waals surface area contributed by atoms with E-state index in [-0.39, 0.29) is 17.4 Å². The van der Waals surface area contributed by atoms with Crippen LogP contribution in [0.25, 0.3) is 5.69 Å². The summed E-state index contributed by atoms with van der Waals surface area (Å²) in [6, 6.07) is 15.9. The van der Waals surface area contributed by atoms with Crippen molar-refractivity contribution in [2.24, 2.45) is 0 Å². The second-order valence-corrected chi connectivity index (χ2v) is 6.86. The zero-order chi connectivity index (χ0) is 19.4. The van der Waals surface area contributed by atoms with Gasteiger partial charge in [-0.3, -0.25) is 14.2 Å². The number of anilines is 1. The number of ether oxygens (including phenoxy) is 1. The van der Waals surface area contributed by atoms with E-state index in [1.54, 1.807) is 35.9 Å². The number of thioether (sulfide) groups is 1. The lowest BCUT2D eigenvalue weighted by atomic mass is 10.1. The van der Waals surface area contributed by atoms with Gasteiger partial charge in [0, 0.05) is 17.3 Å². The molecule has 1 aromatic heterocycles. The van der Waals surface area contributed by atoms with E-state index in [0.717, 1.165) is 11.3 Å². The summed E-state index contributed by atoms with van der Waals surface area (Å²) in [5.74, 6) is 1.02. The van der Waals surface area contributed by atoms with Gasteiger partial charge in [-0.2, -0.15) is 4.98 Å². The molecule has 3 rings (SSSR count). The van der Waals surface area contributed by atoms with E-state index in [4.69, 9.17) is 10.5 Å². The monoisotopic (exact) mass is 381 g/mol. The first-order valence-corrected chi connectivity index (χ1v) is 9.23. The molecular formula is C20H19N3O3S. The molecule has 0 fully saturated rings. The first-order chi connectivity index (χ1) is 13.0. The lowest BCUT2D eigenvalue weighted by molar-refractivity contribution is 0.102. The highest BCUT2D eigenvalue weighted by atomic mass is 32.2. The van der Waals surface area contributed by atoms with Crippen molar-refractivity contribution in [2.75, 3.05) is 18.6 Å². The smallest absolute Gasteiger partial charge is 0.275 e. The van der Waals surface area contributed by atoms with E-state index < -0.39 is 5.56 Å². The van der Waals surface area contributed by atoms with Gasteiger partial charge in [0.25, 0.3) is 5.56 Å². The number of benzene rings is 2. The van der Waals surface area contributed by atoms with Gasteiger partial charge in [-0.15, -0.1) is 0 Å². The third-order valence-electron chi connectivity index (χ3n) is 3.93. The Bertz CT molecular complexity index is 1030. The fourth-order valence-corrected chi connectivity index (χ4v) is 3.51. The number of nitrogens with zero attached hydrogens (tertiary/aromatic N) is 2. The van der Waals surface area contributed by atoms with Crippen molar-refractivity contribution < 1.29 is 9.53 Å². The average Bonchev–Trinajstić information content (AvgIpc) is 2.65. The summed E-state index contributed by atoms with van der Waals surface area (Å²) in [6.07, 6.45) is 0. The molecule has 2 N–H and O–H groups in total. The molecule has 6 nitrogen and oxygen atoms in total. The minimum absolute atomic E-state index is 0.0740. The van der Waals surface area contributed by atoms with Gasteiger partial charge in [-0.25, -0.2) is 0 Å². The Morgan fingerprint density at radius 3 is 2.59 bits per heavy atom. The van der Waals surface area contributed by atoms with E-state index in [1.165, 1.54) is 17.8 Å². The van der Waals surface area contributed by atoms with Gasteiger partial charge in [0.2, 0.25) is 0 Å². The van der Waals surface area contributed by atoms with Crippen molar-refractivity contribution in [3.63, 3.8) is 0 Å². The third-order valence-corrected chi connectivity index (χ3v) is 4.87. The summed E-state index contributed by atoms with van der Waals surface area (Å²) in [4.78, 5) is 28.4. The molecule has 0 aliphatic rings. The first kappa shape index (κ1) is 18.7.